The van der Waals surface area contributed by atoms with Crippen molar-refractivity contribution in [2.45, 2.75) is 5.92 Å². The first-order valence-corrected chi connectivity index (χ1v) is 7.03. The molecule has 0 saturated carbocycles. The van der Waals surface area contributed by atoms with Crippen molar-refractivity contribution >= 4 is 0 Å². The molecule has 1 unspecified atom stereocenters. The lowest BCUT2D eigenvalue weighted by atomic mass is 9.86. The van der Waals surface area contributed by atoms with Gasteiger partial charge in [-0.2, -0.15) is 0 Å². The van der Waals surface area contributed by atoms with E-state index in [0.717, 1.165) is 11.1 Å². The van der Waals surface area contributed by atoms with Crippen molar-refractivity contribution in [2.24, 2.45) is 11.5 Å². The Hall–Kier alpha value is -3.02. The van der Waals surface area contributed by atoms with E-state index in [1.807, 2.05) is 18.2 Å². The summed E-state index contributed by atoms with van der Waals surface area (Å²) in [5.41, 5.74) is 14.2. The number of nitrogens with two attached hydrogens (primary N) is 2. The molecule has 3 rings (SSSR count). The molecule has 0 aliphatic carbocycles. The van der Waals surface area contributed by atoms with Gasteiger partial charge in [0.1, 0.15) is 11.5 Å². The Kier molecular flexibility index (Phi) is 3.65. The van der Waals surface area contributed by atoms with E-state index in [1.54, 1.807) is 26.4 Å². The highest BCUT2D eigenvalue weighted by molar-refractivity contribution is 5.55. The van der Waals surface area contributed by atoms with Crippen LogP contribution < -0.4 is 25.7 Å². The SMILES string of the molecule is COc1ccc(C2C(N)=C(N)Oc3cc(O)ccc32)cc1OC. The van der Waals surface area contributed by atoms with Crippen LogP contribution in [0.15, 0.2) is 48.0 Å². The average molecular weight is 314 g/mol. The predicted octanol–water partition coefficient (Wildman–Crippen LogP) is 2.02. The third kappa shape index (κ3) is 2.48. The Balaban J connectivity index is 2.15. The molecule has 6 heteroatoms. The second-order valence-electron chi connectivity index (χ2n) is 5.19. The van der Waals surface area contributed by atoms with Crippen LogP contribution in [-0.4, -0.2) is 19.3 Å². The Morgan fingerprint density at radius 3 is 2.43 bits per heavy atom. The number of phenols is 1. The van der Waals surface area contributed by atoms with E-state index in [-0.39, 0.29) is 17.6 Å². The maximum Gasteiger partial charge on any atom is 0.210 e. The molecule has 0 aromatic heterocycles. The number of aromatic hydroxyl groups is 1. The number of benzene rings is 2. The second kappa shape index (κ2) is 5.64. The van der Waals surface area contributed by atoms with Crippen LogP contribution in [0, 0.1) is 0 Å². The molecule has 0 saturated heterocycles. The highest BCUT2D eigenvalue weighted by atomic mass is 16.5. The van der Waals surface area contributed by atoms with Crippen molar-refractivity contribution in [1.29, 1.82) is 0 Å². The fourth-order valence-corrected chi connectivity index (χ4v) is 2.73. The van der Waals surface area contributed by atoms with Crippen molar-refractivity contribution in [3.05, 3.63) is 59.1 Å². The number of allylic oxidation sites excluding steroid dienone is 1. The van der Waals surface area contributed by atoms with Gasteiger partial charge in [-0.05, 0) is 23.8 Å². The molecule has 5 N–H and O–H groups in total. The van der Waals surface area contributed by atoms with Crippen LogP contribution in [0.1, 0.15) is 17.0 Å². The quantitative estimate of drug-likeness (QED) is 0.801. The van der Waals surface area contributed by atoms with E-state index >= 15 is 0 Å². The van der Waals surface area contributed by atoms with E-state index in [2.05, 4.69) is 0 Å². The first kappa shape index (κ1) is 14.9. The minimum Gasteiger partial charge on any atom is -0.508 e. The van der Waals surface area contributed by atoms with Crippen LogP contribution in [0.3, 0.4) is 0 Å². The molecule has 0 amide bonds. The van der Waals surface area contributed by atoms with Crippen molar-refractivity contribution in [3.8, 4) is 23.0 Å². The van der Waals surface area contributed by atoms with Gasteiger partial charge in [0, 0.05) is 11.6 Å². The molecule has 2 aromatic carbocycles. The lowest BCUT2D eigenvalue weighted by Gasteiger charge is -2.27. The largest absolute Gasteiger partial charge is 0.508 e. The summed E-state index contributed by atoms with van der Waals surface area (Å²) in [5, 5.41) is 9.64. The first-order valence-electron chi connectivity index (χ1n) is 7.03. The molecule has 1 aliphatic heterocycles. The van der Waals surface area contributed by atoms with Gasteiger partial charge in [-0.1, -0.05) is 12.1 Å². The third-order valence-electron chi connectivity index (χ3n) is 3.86. The highest BCUT2D eigenvalue weighted by Crippen LogP contribution is 2.43. The summed E-state index contributed by atoms with van der Waals surface area (Å²) in [4.78, 5) is 0. The zero-order valence-electron chi connectivity index (χ0n) is 12.9. The van der Waals surface area contributed by atoms with E-state index in [0.29, 0.717) is 22.9 Å². The van der Waals surface area contributed by atoms with Gasteiger partial charge in [0.25, 0.3) is 0 Å². The van der Waals surface area contributed by atoms with Crippen molar-refractivity contribution < 1.29 is 19.3 Å². The molecule has 1 atom stereocenters. The minimum absolute atomic E-state index is 0.100. The number of hydrogen-bond donors (Lipinski definition) is 3. The number of ether oxygens (including phenoxy) is 3. The van der Waals surface area contributed by atoms with Crippen molar-refractivity contribution in [3.63, 3.8) is 0 Å². The van der Waals surface area contributed by atoms with Gasteiger partial charge in [-0.3, -0.25) is 0 Å². The predicted molar refractivity (Wildman–Crippen MR) is 85.5 cm³/mol. The number of phenolic OH excluding ortho intramolecular Hbond substituents is 1. The summed E-state index contributed by atoms with van der Waals surface area (Å²) >= 11 is 0. The maximum atomic E-state index is 9.64. The number of hydrogen-bond acceptors (Lipinski definition) is 6. The lowest BCUT2D eigenvalue weighted by Crippen LogP contribution is -2.26. The van der Waals surface area contributed by atoms with Gasteiger partial charge in [0.15, 0.2) is 11.5 Å². The van der Waals surface area contributed by atoms with E-state index in [4.69, 9.17) is 25.7 Å². The van der Waals surface area contributed by atoms with Gasteiger partial charge >= 0.3 is 0 Å². The number of rotatable bonds is 3. The van der Waals surface area contributed by atoms with Crippen molar-refractivity contribution in [2.75, 3.05) is 14.2 Å². The van der Waals surface area contributed by atoms with Crippen LogP contribution in [-0.2, 0) is 0 Å². The number of fused-ring (bicyclic) bond motifs is 1. The summed E-state index contributed by atoms with van der Waals surface area (Å²) in [5.74, 6) is 1.65. The van der Waals surface area contributed by atoms with Gasteiger partial charge in [0.05, 0.1) is 25.8 Å². The molecule has 0 spiro atoms. The Labute approximate surface area is 133 Å². The van der Waals surface area contributed by atoms with Crippen LogP contribution in [0.5, 0.6) is 23.0 Å². The van der Waals surface area contributed by atoms with Gasteiger partial charge < -0.3 is 30.8 Å². The average Bonchev–Trinajstić information content (AvgIpc) is 2.55. The van der Waals surface area contributed by atoms with Crippen LogP contribution >= 0.6 is 0 Å². The topological polar surface area (TPSA) is 100.0 Å². The van der Waals surface area contributed by atoms with Crippen LogP contribution in [0.4, 0.5) is 0 Å². The standard InChI is InChI=1S/C17H18N2O4/c1-21-12-6-3-9(7-14(12)22-2)15-11-5-4-10(20)8-13(11)23-17(19)16(15)18/h3-8,15,20H,18-19H2,1-2H3. The Morgan fingerprint density at radius 2 is 1.74 bits per heavy atom. The highest BCUT2D eigenvalue weighted by Gasteiger charge is 2.29. The maximum absolute atomic E-state index is 9.64. The normalized spacial score (nSPS) is 16.5. The molecule has 120 valence electrons. The van der Waals surface area contributed by atoms with Crippen LogP contribution in [0.25, 0.3) is 0 Å². The molecule has 6 nitrogen and oxygen atoms in total. The Morgan fingerprint density at radius 1 is 1.00 bits per heavy atom. The monoisotopic (exact) mass is 314 g/mol. The molecule has 1 aliphatic rings. The molecular formula is C17H18N2O4. The van der Waals surface area contributed by atoms with Crippen LogP contribution in [0.2, 0.25) is 0 Å². The lowest BCUT2D eigenvalue weighted by molar-refractivity contribution is 0.354. The fraction of sp³-hybridized carbons (Fsp3) is 0.176. The molecule has 1 heterocycles. The molecule has 0 bridgehead atoms. The second-order valence-corrected chi connectivity index (χ2v) is 5.19. The van der Waals surface area contributed by atoms with Gasteiger partial charge in [-0.25, -0.2) is 0 Å². The molecule has 2 aromatic rings. The van der Waals surface area contributed by atoms with Crippen molar-refractivity contribution in [1.82, 2.24) is 0 Å². The fourth-order valence-electron chi connectivity index (χ4n) is 2.73. The van der Waals surface area contributed by atoms with E-state index in [9.17, 15) is 5.11 Å². The smallest absolute Gasteiger partial charge is 0.210 e. The molecule has 0 fully saturated rings. The summed E-state index contributed by atoms with van der Waals surface area (Å²) < 4.78 is 16.1. The Bertz CT molecular complexity index is 786. The molecule has 0 radical (unpaired) electrons. The van der Waals surface area contributed by atoms with E-state index < -0.39 is 0 Å². The summed E-state index contributed by atoms with van der Waals surface area (Å²) in [6.07, 6.45) is 0. The minimum atomic E-state index is -0.292. The summed E-state index contributed by atoms with van der Waals surface area (Å²) in [7, 11) is 3.15. The van der Waals surface area contributed by atoms with Gasteiger partial charge in [0.2, 0.25) is 5.88 Å². The summed E-state index contributed by atoms with van der Waals surface area (Å²) in [6.45, 7) is 0. The van der Waals surface area contributed by atoms with Gasteiger partial charge in [-0.15, -0.1) is 0 Å². The molecule has 23 heavy (non-hydrogen) atoms. The molecular weight excluding hydrogens is 296 g/mol. The third-order valence-corrected chi connectivity index (χ3v) is 3.86. The summed E-state index contributed by atoms with van der Waals surface area (Å²) in [6, 6.07) is 10.4. The van der Waals surface area contributed by atoms with E-state index in [1.165, 1.54) is 6.07 Å². The zero-order valence-corrected chi connectivity index (χ0v) is 12.9. The number of methoxy groups -OCH3 is 2. The zero-order chi connectivity index (χ0) is 16.6. The first-order chi connectivity index (χ1) is 11.0.